The van der Waals surface area contributed by atoms with E-state index in [2.05, 4.69) is 24.1 Å². The van der Waals surface area contributed by atoms with Gasteiger partial charge in [-0.3, -0.25) is 4.79 Å². The average Bonchev–Trinajstić information content (AvgIpc) is 3.15. The summed E-state index contributed by atoms with van der Waals surface area (Å²) in [5, 5.41) is 2.83. The summed E-state index contributed by atoms with van der Waals surface area (Å²) in [5.74, 6) is 2.02. The van der Waals surface area contributed by atoms with Gasteiger partial charge in [0.25, 0.3) is 5.91 Å². The van der Waals surface area contributed by atoms with Crippen molar-refractivity contribution in [2.24, 2.45) is 0 Å². The Labute approximate surface area is 155 Å². The lowest BCUT2D eigenvalue weighted by Crippen LogP contribution is -2.28. The number of furan rings is 1. The van der Waals surface area contributed by atoms with E-state index in [1.165, 1.54) is 0 Å². The summed E-state index contributed by atoms with van der Waals surface area (Å²) in [6.45, 7) is 9.57. The van der Waals surface area contributed by atoms with E-state index in [-0.39, 0.29) is 5.91 Å². The molecule has 142 valence electrons. The molecular formula is C20H28N2O4. The number of amides is 1. The van der Waals surface area contributed by atoms with Crippen molar-refractivity contribution >= 4 is 11.6 Å². The molecule has 2 aromatic rings. The van der Waals surface area contributed by atoms with Gasteiger partial charge in [0.2, 0.25) is 0 Å². The van der Waals surface area contributed by atoms with Crippen molar-refractivity contribution in [3.05, 3.63) is 41.9 Å². The van der Waals surface area contributed by atoms with Gasteiger partial charge in [0.1, 0.15) is 12.4 Å². The Morgan fingerprint density at radius 2 is 1.88 bits per heavy atom. The number of nitrogens with one attached hydrogen (secondary N) is 1. The minimum Gasteiger partial charge on any atom is -0.493 e. The van der Waals surface area contributed by atoms with Crippen LogP contribution in [0.25, 0.3) is 0 Å². The molecule has 26 heavy (non-hydrogen) atoms. The van der Waals surface area contributed by atoms with Crippen LogP contribution in [0.2, 0.25) is 0 Å². The van der Waals surface area contributed by atoms with Gasteiger partial charge in [-0.25, -0.2) is 0 Å². The number of nitrogens with zero attached hydrogens (tertiary/aromatic N) is 1. The molecule has 0 aliphatic rings. The highest BCUT2D eigenvalue weighted by Gasteiger charge is 2.13. The lowest BCUT2D eigenvalue weighted by atomic mass is 10.2. The molecule has 6 nitrogen and oxygen atoms in total. The second kappa shape index (κ2) is 9.87. The maximum absolute atomic E-state index is 12.3. The quantitative estimate of drug-likeness (QED) is 0.698. The number of hydrogen-bond donors (Lipinski definition) is 1. The van der Waals surface area contributed by atoms with E-state index in [0.717, 1.165) is 31.8 Å². The fraction of sp³-hybridized carbons (Fsp3) is 0.450. The highest BCUT2D eigenvalue weighted by molar-refractivity contribution is 6.02. The monoisotopic (exact) mass is 360 g/mol. The number of ether oxygens (including phenoxy) is 2. The average molecular weight is 360 g/mol. The minimum absolute atomic E-state index is 0.288. The second-order valence-corrected chi connectivity index (χ2v) is 5.81. The Hall–Kier alpha value is -2.47. The molecule has 1 amide bonds. The number of carbonyl (C=O) groups excluding carboxylic acids is 1. The first-order valence-electron chi connectivity index (χ1n) is 9.04. The Balaban J connectivity index is 2.04. The van der Waals surface area contributed by atoms with Gasteiger partial charge in [-0.1, -0.05) is 20.8 Å². The first kappa shape index (κ1) is 19.8. The van der Waals surface area contributed by atoms with Gasteiger partial charge >= 0.3 is 0 Å². The van der Waals surface area contributed by atoms with Crippen LogP contribution in [0.1, 0.15) is 37.1 Å². The predicted molar refractivity (Wildman–Crippen MR) is 102 cm³/mol. The van der Waals surface area contributed by atoms with Crippen molar-refractivity contribution in [2.45, 2.75) is 27.2 Å². The van der Waals surface area contributed by atoms with Gasteiger partial charge in [0.05, 0.1) is 7.11 Å². The van der Waals surface area contributed by atoms with Crippen LogP contribution in [0.3, 0.4) is 0 Å². The highest BCUT2D eigenvalue weighted by atomic mass is 16.5. The second-order valence-electron chi connectivity index (χ2n) is 5.81. The molecule has 0 unspecified atom stereocenters. The molecule has 0 bridgehead atoms. The zero-order chi connectivity index (χ0) is 18.9. The number of hydrogen-bond acceptors (Lipinski definition) is 5. The summed E-state index contributed by atoms with van der Waals surface area (Å²) >= 11 is 0. The molecule has 2 rings (SSSR count). The number of benzene rings is 1. The molecule has 0 saturated carbocycles. The molecule has 0 spiro atoms. The Kier molecular flexibility index (Phi) is 7.53. The maximum Gasteiger partial charge on any atom is 0.291 e. The van der Waals surface area contributed by atoms with Crippen LogP contribution in [0.15, 0.2) is 34.7 Å². The third kappa shape index (κ3) is 5.26. The number of anilines is 1. The number of carbonyl (C=O) groups is 1. The Bertz CT molecular complexity index is 708. The highest BCUT2D eigenvalue weighted by Crippen LogP contribution is 2.30. The van der Waals surface area contributed by atoms with Crippen molar-refractivity contribution < 1.29 is 18.7 Å². The van der Waals surface area contributed by atoms with Crippen molar-refractivity contribution in [2.75, 3.05) is 38.7 Å². The minimum atomic E-state index is -0.288. The summed E-state index contributed by atoms with van der Waals surface area (Å²) in [5.41, 5.74) is 0.628. The van der Waals surface area contributed by atoms with Gasteiger partial charge in [-0.2, -0.15) is 0 Å². The number of rotatable bonds is 10. The van der Waals surface area contributed by atoms with Crippen LogP contribution >= 0.6 is 0 Å². The standard InChI is InChI=1S/C20H28N2O4/c1-5-16-9-11-18(26-16)20(23)21-15-8-10-17(24-4)19(14-15)25-13-12-22(6-2)7-3/h8-11,14H,5-7,12-13H2,1-4H3,(H,21,23). The molecule has 1 heterocycles. The SMILES string of the molecule is CCc1ccc(C(=O)Nc2ccc(OC)c(OCCN(CC)CC)c2)o1. The third-order valence-electron chi connectivity index (χ3n) is 4.21. The van der Waals surface area contributed by atoms with Crippen LogP contribution < -0.4 is 14.8 Å². The Morgan fingerprint density at radius 1 is 1.12 bits per heavy atom. The summed E-state index contributed by atoms with van der Waals surface area (Å²) in [6, 6.07) is 8.81. The largest absolute Gasteiger partial charge is 0.493 e. The van der Waals surface area contributed by atoms with E-state index in [1.54, 1.807) is 31.4 Å². The zero-order valence-electron chi connectivity index (χ0n) is 16.0. The third-order valence-corrected chi connectivity index (χ3v) is 4.21. The molecule has 0 radical (unpaired) electrons. The van der Waals surface area contributed by atoms with Gasteiger partial charge < -0.3 is 24.1 Å². The van der Waals surface area contributed by atoms with Gasteiger partial charge in [-0.15, -0.1) is 0 Å². The molecule has 0 aliphatic carbocycles. The zero-order valence-corrected chi connectivity index (χ0v) is 16.0. The molecule has 0 saturated heterocycles. The van der Waals surface area contributed by atoms with Crippen molar-refractivity contribution in [1.29, 1.82) is 0 Å². The smallest absolute Gasteiger partial charge is 0.291 e. The van der Waals surface area contributed by atoms with E-state index >= 15 is 0 Å². The molecule has 0 atom stereocenters. The van der Waals surface area contributed by atoms with Crippen molar-refractivity contribution in [3.8, 4) is 11.5 Å². The molecule has 1 aromatic heterocycles. The molecule has 6 heteroatoms. The first-order valence-corrected chi connectivity index (χ1v) is 9.04. The molecular weight excluding hydrogens is 332 g/mol. The van der Waals surface area contributed by atoms with Crippen molar-refractivity contribution in [1.82, 2.24) is 4.90 Å². The van der Waals surface area contributed by atoms with Crippen LogP contribution in [-0.2, 0) is 6.42 Å². The first-order chi connectivity index (χ1) is 12.6. The van der Waals surface area contributed by atoms with Crippen LogP contribution in [-0.4, -0.2) is 44.2 Å². The summed E-state index contributed by atoms with van der Waals surface area (Å²) < 4.78 is 16.7. The summed E-state index contributed by atoms with van der Waals surface area (Å²) in [7, 11) is 1.60. The van der Waals surface area contributed by atoms with E-state index in [4.69, 9.17) is 13.9 Å². The van der Waals surface area contributed by atoms with Crippen molar-refractivity contribution in [3.63, 3.8) is 0 Å². The lowest BCUT2D eigenvalue weighted by Gasteiger charge is -2.19. The summed E-state index contributed by atoms with van der Waals surface area (Å²) in [6.07, 6.45) is 0.750. The molecule has 0 aliphatic heterocycles. The topological polar surface area (TPSA) is 63.9 Å². The van der Waals surface area contributed by atoms with E-state index in [9.17, 15) is 4.79 Å². The molecule has 1 N–H and O–H groups in total. The fourth-order valence-corrected chi connectivity index (χ4v) is 2.57. The summed E-state index contributed by atoms with van der Waals surface area (Å²) in [4.78, 5) is 14.6. The normalized spacial score (nSPS) is 10.8. The fourth-order valence-electron chi connectivity index (χ4n) is 2.57. The molecule has 0 fully saturated rings. The van der Waals surface area contributed by atoms with E-state index < -0.39 is 0 Å². The van der Waals surface area contributed by atoms with Crippen LogP contribution in [0.5, 0.6) is 11.5 Å². The van der Waals surface area contributed by atoms with Crippen LogP contribution in [0, 0.1) is 0 Å². The predicted octanol–water partition coefficient (Wildman–Crippen LogP) is 3.82. The van der Waals surface area contributed by atoms with Gasteiger partial charge in [0, 0.05) is 24.7 Å². The Morgan fingerprint density at radius 3 is 2.50 bits per heavy atom. The van der Waals surface area contributed by atoms with Gasteiger partial charge in [-0.05, 0) is 37.4 Å². The number of methoxy groups -OCH3 is 1. The number of aryl methyl sites for hydroxylation is 1. The van der Waals surface area contributed by atoms with Crippen LogP contribution in [0.4, 0.5) is 5.69 Å². The molecule has 1 aromatic carbocycles. The van der Waals surface area contributed by atoms with E-state index in [1.807, 2.05) is 13.0 Å². The number of likely N-dealkylation sites (N-methyl/N-ethyl adjacent to an activating group) is 1. The van der Waals surface area contributed by atoms with Gasteiger partial charge in [0.15, 0.2) is 17.3 Å². The lowest BCUT2D eigenvalue weighted by molar-refractivity contribution is 0.0995. The van der Waals surface area contributed by atoms with E-state index in [0.29, 0.717) is 29.6 Å². The maximum atomic E-state index is 12.3.